The van der Waals surface area contributed by atoms with Crippen molar-refractivity contribution < 1.29 is 13.5 Å². The summed E-state index contributed by atoms with van der Waals surface area (Å²) in [5.74, 6) is 0.195. The molecule has 1 heterocycles. The molecule has 0 saturated heterocycles. The van der Waals surface area contributed by atoms with E-state index in [0.717, 1.165) is 22.3 Å². The molecule has 5 heteroatoms. The Morgan fingerprint density at radius 3 is 2.25 bits per heavy atom. The molecule has 0 radical (unpaired) electrons. The molecule has 0 bridgehead atoms. The van der Waals surface area contributed by atoms with Gasteiger partial charge >= 0.3 is 0 Å². The molecule has 1 N–H and O–H groups in total. The van der Waals surface area contributed by atoms with Crippen LogP contribution in [-0.4, -0.2) is 24.4 Å². The predicted octanol–water partition coefficient (Wildman–Crippen LogP) is 4.21. The Kier molecular flexibility index (Phi) is 4.52. The van der Waals surface area contributed by atoms with E-state index in [-0.39, 0.29) is 5.75 Å². The van der Waals surface area contributed by atoms with Crippen LogP contribution in [0.2, 0.25) is 0 Å². The molecule has 3 aromatic carbocycles. The zero-order valence-electron chi connectivity index (χ0n) is 16.0. The summed E-state index contributed by atoms with van der Waals surface area (Å²) in [7, 11) is -3.62. The zero-order chi connectivity index (χ0) is 19.9. The quantitative estimate of drug-likeness (QED) is 0.725. The summed E-state index contributed by atoms with van der Waals surface area (Å²) in [6.45, 7) is 4.69. The number of phenols is 1. The van der Waals surface area contributed by atoms with Crippen molar-refractivity contribution in [3.8, 4) is 5.75 Å². The molecular formula is C23H23NO3S. The third-order valence-corrected chi connectivity index (χ3v) is 7.42. The summed E-state index contributed by atoms with van der Waals surface area (Å²) >= 11 is 0. The summed E-state index contributed by atoms with van der Waals surface area (Å²) < 4.78 is 28.3. The Bertz CT molecular complexity index is 1110. The lowest BCUT2D eigenvalue weighted by atomic mass is 9.72. The molecule has 4 nitrogen and oxygen atoms in total. The van der Waals surface area contributed by atoms with Gasteiger partial charge in [-0.25, -0.2) is 8.42 Å². The molecule has 28 heavy (non-hydrogen) atoms. The van der Waals surface area contributed by atoms with Crippen molar-refractivity contribution in [3.05, 3.63) is 95.1 Å². The number of rotatable bonds is 3. The molecule has 3 aromatic rings. The van der Waals surface area contributed by atoms with Crippen molar-refractivity contribution in [1.82, 2.24) is 4.31 Å². The first-order valence-electron chi connectivity index (χ1n) is 9.25. The summed E-state index contributed by atoms with van der Waals surface area (Å²) in [5, 5.41) is 9.68. The van der Waals surface area contributed by atoms with Crippen molar-refractivity contribution in [3.63, 3.8) is 0 Å². The number of hydrogen-bond acceptors (Lipinski definition) is 3. The van der Waals surface area contributed by atoms with Crippen LogP contribution in [0, 0.1) is 6.92 Å². The molecule has 144 valence electrons. The van der Waals surface area contributed by atoms with E-state index in [1.807, 2.05) is 49.4 Å². The Morgan fingerprint density at radius 2 is 1.57 bits per heavy atom. The van der Waals surface area contributed by atoms with Gasteiger partial charge in [-0.15, -0.1) is 0 Å². The third-order valence-electron chi connectivity index (χ3n) is 5.61. The fraction of sp³-hybridized carbons (Fsp3) is 0.217. The van der Waals surface area contributed by atoms with Crippen LogP contribution < -0.4 is 0 Å². The fourth-order valence-electron chi connectivity index (χ4n) is 3.99. The normalized spacial score (nSPS) is 19.9. The maximum atomic E-state index is 13.4. The van der Waals surface area contributed by atoms with Crippen LogP contribution >= 0.6 is 0 Å². The van der Waals surface area contributed by atoms with Crippen LogP contribution in [0.15, 0.2) is 77.7 Å². The minimum Gasteiger partial charge on any atom is -0.508 e. The molecule has 0 amide bonds. The minimum atomic E-state index is -3.62. The van der Waals surface area contributed by atoms with Gasteiger partial charge in [0.25, 0.3) is 0 Å². The van der Waals surface area contributed by atoms with E-state index in [2.05, 4.69) is 13.0 Å². The topological polar surface area (TPSA) is 57.6 Å². The lowest BCUT2D eigenvalue weighted by molar-refractivity contribution is 0.315. The average molecular weight is 394 g/mol. The summed E-state index contributed by atoms with van der Waals surface area (Å²) in [6, 6.07) is 22.0. The maximum Gasteiger partial charge on any atom is 0.243 e. The Morgan fingerprint density at radius 1 is 0.929 bits per heavy atom. The van der Waals surface area contributed by atoms with E-state index < -0.39 is 15.4 Å². The van der Waals surface area contributed by atoms with Crippen LogP contribution in [0.1, 0.15) is 29.2 Å². The van der Waals surface area contributed by atoms with Gasteiger partial charge in [0.1, 0.15) is 5.75 Å². The number of sulfonamides is 1. The number of aromatic hydroxyl groups is 1. The van der Waals surface area contributed by atoms with Gasteiger partial charge in [0, 0.05) is 18.5 Å². The molecule has 0 saturated carbocycles. The van der Waals surface area contributed by atoms with Crippen LogP contribution in [0.3, 0.4) is 0 Å². The van der Waals surface area contributed by atoms with Crippen LogP contribution in [-0.2, 0) is 22.0 Å². The molecular weight excluding hydrogens is 370 g/mol. The van der Waals surface area contributed by atoms with Gasteiger partial charge in [0.2, 0.25) is 10.0 Å². The van der Waals surface area contributed by atoms with E-state index in [9.17, 15) is 13.5 Å². The summed E-state index contributed by atoms with van der Waals surface area (Å²) in [4.78, 5) is 0.311. The summed E-state index contributed by atoms with van der Waals surface area (Å²) in [6.07, 6.45) is 0. The number of phenolic OH excluding ortho intramolecular Hbond substituents is 1. The number of benzene rings is 3. The summed E-state index contributed by atoms with van der Waals surface area (Å²) in [5.41, 5.74) is 3.61. The zero-order valence-corrected chi connectivity index (χ0v) is 16.8. The van der Waals surface area contributed by atoms with E-state index in [4.69, 9.17) is 0 Å². The van der Waals surface area contributed by atoms with Crippen molar-refractivity contribution in [2.45, 2.75) is 30.7 Å². The number of nitrogens with zero attached hydrogens (tertiary/aromatic N) is 1. The molecule has 1 aliphatic heterocycles. The van der Waals surface area contributed by atoms with E-state index in [1.54, 1.807) is 28.6 Å². The van der Waals surface area contributed by atoms with Gasteiger partial charge in [-0.05, 0) is 47.9 Å². The molecule has 0 fully saturated rings. The van der Waals surface area contributed by atoms with Crippen LogP contribution in [0.5, 0.6) is 5.75 Å². The Balaban J connectivity index is 1.83. The first kappa shape index (κ1) is 18.7. The van der Waals surface area contributed by atoms with Crippen molar-refractivity contribution in [1.29, 1.82) is 0 Å². The van der Waals surface area contributed by atoms with Crippen LogP contribution in [0.4, 0.5) is 0 Å². The smallest absolute Gasteiger partial charge is 0.243 e. The van der Waals surface area contributed by atoms with Crippen molar-refractivity contribution in [2.24, 2.45) is 0 Å². The van der Waals surface area contributed by atoms with Crippen LogP contribution in [0.25, 0.3) is 0 Å². The standard InChI is InChI=1S/C23H23NO3S/c1-17-7-13-21(14-8-17)28(26,27)24-15-18-5-3-4-6-22(18)23(2,16-24)19-9-11-20(25)12-10-19/h3-14,25H,15-16H2,1-2H3. The highest BCUT2D eigenvalue weighted by atomic mass is 32.2. The molecule has 4 rings (SSSR count). The number of aryl methyl sites for hydroxylation is 1. The van der Waals surface area contributed by atoms with E-state index in [0.29, 0.717) is 18.0 Å². The molecule has 1 atom stereocenters. The van der Waals surface area contributed by atoms with Gasteiger partial charge in [-0.3, -0.25) is 0 Å². The van der Waals surface area contributed by atoms with E-state index >= 15 is 0 Å². The highest BCUT2D eigenvalue weighted by molar-refractivity contribution is 7.89. The first-order valence-corrected chi connectivity index (χ1v) is 10.7. The number of fused-ring (bicyclic) bond motifs is 1. The van der Waals surface area contributed by atoms with Gasteiger partial charge < -0.3 is 5.11 Å². The molecule has 0 aliphatic carbocycles. The molecule has 0 spiro atoms. The molecule has 0 aromatic heterocycles. The van der Waals surface area contributed by atoms with E-state index in [1.165, 1.54) is 0 Å². The Hall–Kier alpha value is -2.63. The minimum absolute atomic E-state index is 0.195. The van der Waals surface area contributed by atoms with Crippen molar-refractivity contribution >= 4 is 10.0 Å². The second-order valence-electron chi connectivity index (χ2n) is 7.62. The largest absolute Gasteiger partial charge is 0.508 e. The maximum absolute atomic E-state index is 13.4. The predicted molar refractivity (Wildman–Crippen MR) is 110 cm³/mol. The molecule has 1 unspecified atom stereocenters. The lowest BCUT2D eigenvalue weighted by Gasteiger charge is -2.42. The second kappa shape index (κ2) is 6.76. The second-order valence-corrected chi connectivity index (χ2v) is 9.56. The van der Waals surface area contributed by atoms with Gasteiger partial charge in [-0.1, -0.05) is 61.0 Å². The average Bonchev–Trinajstić information content (AvgIpc) is 2.69. The highest BCUT2D eigenvalue weighted by Gasteiger charge is 2.41. The number of hydrogen-bond donors (Lipinski definition) is 1. The monoisotopic (exact) mass is 393 g/mol. The highest BCUT2D eigenvalue weighted by Crippen LogP contribution is 2.41. The lowest BCUT2D eigenvalue weighted by Crippen LogP contribution is -2.47. The molecule has 1 aliphatic rings. The van der Waals surface area contributed by atoms with Crippen molar-refractivity contribution in [2.75, 3.05) is 6.54 Å². The van der Waals surface area contributed by atoms with Gasteiger partial charge in [0.15, 0.2) is 0 Å². The fourth-order valence-corrected chi connectivity index (χ4v) is 5.50. The Labute approximate surface area is 166 Å². The SMILES string of the molecule is Cc1ccc(S(=O)(=O)N2Cc3ccccc3C(C)(c3ccc(O)cc3)C2)cc1. The first-order chi connectivity index (χ1) is 13.3. The van der Waals surface area contributed by atoms with Gasteiger partial charge in [0.05, 0.1) is 4.90 Å². The third kappa shape index (κ3) is 3.11. The van der Waals surface area contributed by atoms with Gasteiger partial charge in [-0.2, -0.15) is 4.31 Å².